The SMILES string of the molecule is CC[C@H](C)[C@@H]([C@@H](CC(=O)N1CCC[C@H]1C(OC)[C@@H](C)C(=O)NC(Cc1ccccc1)C(=O)Nc1ccc(N)cc1)OC)N(C)C(=O)[C@@H](NC(=O)[C@@H](NC)C(C)C)C(C)C. The number of likely N-dealkylation sites (tertiary alicyclic amines) is 1. The summed E-state index contributed by atoms with van der Waals surface area (Å²) < 4.78 is 12.0. The smallest absolute Gasteiger partial charge is 0.247 e. The van der Waals surface area contributed by atoms with E-state index in [2.05, 4.69) is 21.3 Å². The van der Waals surface area contributed by atoms with Crippen LogP contribution in [0.1, 0.15) is 79.7 Å². The van der Waals surface area contributed by atoms with Crippen molar-refractivity contribution in [2.24, 2.45) is 23.7 Å². The first kappa shape index (κ1) is 48.8. The number of nitrogens with two attached hydrogens (primary N) is 1. The highest BCUT2D eigenvalue weighted by molar-refractivity contribution is 5.98. The van der Waals surface area contributed by atoms with E-state index in [-0.39, 0.29) is 60.1 Å². The van der Waals surface area contributed by atoms with Gasteiger partial charge in [-0.3, -0.25) is 24.0 Å². The van der Waals surface area contributed by atoms with Gasteiger partial charge in [0.15, 0.2) is 0 Å². The number of nitrogens with zero attached hydrogens (tertiary/aromatic N) is 2. The van der Waals surface area contributed by atoms with E-state index in [0.717, 1.165) is 18.4 Å². The zero-order chi connectivity index (χ0) is 44.0. The van der Waals surface area contributed by atoms with E-state index in [0.29, 0.717) is 24.3 Å². The Kier molecular flexibility index (Phi) is 19.3. The van der Waals surface area contributed by atoms with Gasteiger partial charge in [0.1, 0.15) is 12.1 Å². The highest BCUT2D eigenvalue weighted by Gasteiger charge is 2.43. The number of nitrogen functional groups attached to an aromatic ring is 1. The minimum Gasteiger partial charge on any atom is -0.399 e. The number of ether oxygens (including phenoxy) is 2. The van der Waals surface area contributed by atoms with Gasteiger partial charge in [0, 0.05) is 45.6 Å². The largest absolute Gasteiger partial charge is 0.399 e. The van der Waals surface area contributed by atoms with Gasteiger partial charge < -0.3 is 46.3 Å². The summed E-state index contributed by atoms with van der Waals surface area (Å²) in [6.07, 6.45) is 0.992. The van der Waals surface area contributed by atoms with Crippen LogP contribution in [0.25, 0.3) is 0 Å². The molecule has 328 valence electrons. The number of likely N-dealkylation sites (N-methyl/N-ethyl adjacent to an activating group) is 2. The summed E-state index contributed by atoms with van der Waals surface area (Å²) in [5.41, 5.74) is 7.83. The van der Waals surface area contributed by atoms with Crippen molar-refractivity contribution in [1.29, 1.82) is 0 Å². The predicted octanol–water partition coefficient (Wildman–Crippen LogP) is 4.24. The Balaban J connectivity index is 1.80. The lowest BCUT2D eigenvalue weighted by Crippen LogP contribution is -2.59. The van der Waals surface area contributed by atoms with Gasteiger partial charge in [-0.15, -0.1) is 0 Å². The molecule has 6 N–H and O–H groups in total. The Labute approximate surface area is 352 Å². The number of anilines is 2. The average molecular weight is 822 g/mol. The molecule has 0 bridgehead atoms. The Morgan fingerprint density at radius 1 is 0.847 bits per heavy atom. The van der Waals surface area contributed by atoms with E-state index in [1.54, 1.807) is 62.2 Å². The first-order chi connectivity index (χ1) is 28.0. The molecule has 1 aliphatic rings. The molecule has 59 heavy (non-hydrogen) atoms. The second kappa shape index (κ2) is 23.3. The standard InChI is InChI=1S/C45H71N7O7/c1-12-29(6)40(51(9)45(57)39(28(4)5)50-44(56)38(47-8)27(2)3)36(58-10)26-37(53)52-24-16-19-35(52)41(59-11)30(7)42(54)49-34(25-31-17-14-13-15-18-31)43(55)48-33-22-20-32(46)21-23-33/h13-15,17-18,20-23,27-30,34-36,38-41,47H,12,16,19,24-26,46H2,1-11H3,(H,48,55)(H,49,54)(H,50,56)/t29-,30+,34?,35-,36+,38-,39-,40-,41?/m0/s1. The summed E-state index contributed by atoms with van der Waals surface area (Å²) in [5.74, 6) is -2.37. The van der Waals surface area contributed by atoms with Gasteiger partial charge in [-0.25, -0.2) is 0 Å². The number of carbonyl (C=O) groups is 5. The van der Waals surface area contributed by atoms with Crippen LogP contribution in [0.3, 0.4) is 0 Å². The van der Waals surface area contributed by atoms with Crippen LogP contribution in [0.2, 0.25) is 0 Å². The molecule has 0 spiro atoms. The summed E-state index contributed by atoms with van der Waals surface area (Å²) >= 11 is 0. The van der Waals surface area contributed by atoms with Crippen LogP contribution >= 0.6 is 0 Å². The molecule has 2 aromatic carbocycles. The topological polar surface area (TPSA) is 184 Å². The number of benzene rings is 2. The lowest BCUT2D eigenvalue weighted by Gasteiger charge is -2.41. The lowest BCUT2D eigenvalue weighted by molar-refractivity contribution is -0.148. The van der Waals surface area contributed by atoms with E-state index < -0.39 is 48.3 Å². The number of hydrogen-bond donors (Lipinski definition) is 5. The average Bonchev–Trinajstić information content (AvgIpc) is 3.70. The molecule has 3 rings (SSSR count). The maximum Gasteiger partial charge on any atom is 0.247 e. The number of amides is 5. The molecule has 5 amide bonds. The van der Waals surface area contributed by atoms with Crippen molar-refractivity contribution in [3.8, 4) is 0 Å². The molecule has 0 saturated carbocycles. The predicted molar refractivity (Wildman–Crippen MR) is 232 cm³/mol. The summed E-state index contributed by atoms with van der Waals surface area (Å²) in [5, 5.41) is 11.9. The van der Waals surface area contributed by atoms with Crippen molar-refractivity contribution in [3.05, 3.63) is 60.2 Å². The maximum absolute atomic E-state index is 14.3. The molecule has 1 fully saturated rings. The molecule has 0 radical (unpaired) electrons. The van der Waals surface area contributed by atoms with Crippen LogP contribution in [0.5, 0.6) is 0 Å². The summed E-state index contributed by atoms with van der Waals surface area (Å²) in [7, 11) is 6.53. The second-order valence-electron chi connectivity index (χ2n) is 16.7. The normalized spacial score (nSPS) is 18.3. The second-order valence-corrected chi connectivity index (χ2v) is 16.7. The van der Waals surface area contributed by atoms with Gasteiger partial charge in [-0.05, 0) is 67.5 Å². The van der Waals surface area contributed by atoms with Crippen LogP contribution < -0.4 is 27.0 Å². The zero-order valence-corrected chi connectivity index (χ0v) is 37.1. The van der Waals surface area contributed by atoms with Gasteiger partial charge in [-0.2, -0.15) is 0 Å². The molecule has 1 heterocycles. The van der Waals surface area contributed by atoms with Gasteiger partial charge in [0.05, 0.1) is 42.7 Å². The van der Waals surface area contributed by atoms with Gasteiger partial charge in [0.2, 0.25) is 29.5 Å². The van der Waals surface area contributed by atoms with Crippen molar-refractivity contribution >= 4 is 40.9 Å². The molecule has 2 aromatic rings. The van der Waals surface area contributed by atoms with Crippen LogP contribution in [-0.4, -0.2) is 117 Å². The number of nitrogens with one attached hydrogen (secondary N) is 4. The van der Waals surface area contributed by atoms with Crippen molar-refractivity contribution < 1.29 is 33.4 Å². The third-order valence-corrected chi connectivity index (χ3v) is 11.8. The van der Waals surface area contributed by atoms with E-state index >= 15 is 0 Å². The fourth-order valence-corrected chi connectivity index (χ4v) is 8.21. The molecule has 0 aliphatic carbocycles. The molecule has 2 unspecified atom stereocenters. The first-order valence-corrected chi connectivity index (χ1v) is 21.1. The monoisotopic (exact) mass is 822 g/mol. The Bertz CT molecular complexity index is 1660. The molecule has 9 atom stereocenters. The van der Waals surface area contributed by atoms with E-state index in [4.69, 9.17) is 15.2 Å². The molecule has 1 saturated heterocycles. The maximum atomic E-state index is 14.3. The highest BCUT2D eigenvalue weighted by Crippen LogP contribution is 2.30. The number of carbonyl (C=O) groups excluding carboxylic acids is 5. The molecule has 14 heteroatoms. The van der Waals surface area contributed by atoms with E-state index in [9.17, 15) is 24.0 Å². The fourth-order valence-electron chi connectivity index (χ4n) is 8.21. The van der Waals surface area contributed by atoms with Gasteiger partial charge in [0.25, 0.3) is 0 Å². The van der Waals surface area contributed by atoms with E-state index in [1.165, 1.54) is 7.11 Å². The molecule has 1 aliphatic heterocycles. The minimum absolute atomic E-state index is 0.00498. The Hall–Kier alpha value is -4.53. The molecule has 14 nitrogen and oxygen atoms in total. The number of hydrogen-bond acceptors (Lipinski definition) is 9. The van der Waals surface area contributed by atoms with Crippen LogP contribution in [0.4, 0.5) is 11.4 Å². The van der Waals surface area contributed by atoms with Crippen LogP contribution in [-0.2, 0) is 39.9 Å². The summed E-state index contributed by atoms with van der Waals surface area (Å²) in [4.78, 5) is 72.9. The van der Waals surface area contributed by atoms with Crippen LogP contribution in [0, 0.1) is 23.7 Å². The highest BCUT2D eigenvalue weighted by atomic mass is 16.5. The molecule has 0 aromatic heterocycles. The molecular weight excluding hydrogens is 751 g/mol. The van der Waals surface area contributed by atoms with E-state index in [1.807, 2.05) is 71.9 Å². The van der Waals surface area contributed by atoms with Crippen molar-refractivity contribution in [2.45, 2.75) is 123 Å². The summed E-state index contributed by atoms with van der Waals surface area (Å²) in [6.45, 7) is 14.0. The molecular formula is C45H71N7O7. The van der Waals surface area contributed by atoms with Crippen LogP contribution in [0.15, 0.2) is 54.6 Å². The van der Waals surface area contributed by atoms with Gasteiger partial charge in [-0.1, -0.05) is 85.2 Å². The minimum atomic E-state index is -0.896. The van der Waals surface area contributed by atoms with Crippen molar-refractivity contribution in [1.82, 2.24) is 25.8 Å². The third kappa shape index (κ3) is 13.2. The third-order valence-electron chi connectivity index (χ3n) is 11.8. The Morgan fingerprint density at radius 2 is 1.47 bits per heavy atom. The lowest BCUT2D eigenvalue weighted by atomic mass is 9.89. The Morgan fingerprint density at radius 3 is 2.02 bits per heavy atom. The van der Waals surface area contributed by atoms with Crippen molar-refractivity contribution in [2.75, 3.05) is 45.9 Å². The quantitative estimate of drug-likeness (QED) is 0.109. The zero-order valence-electron chi connectivity index (χ0n) is 37.1. The number of methoxy groups -OCH3 is 2. The summed E-state index contributed by atoms with van der Waals surface area (Å²) in [6, 6.07) is 13.2. The fraction of sp³-hybridized carbons (Fsp3) is 0.622. The van der Waals surface area contributed by atoms with Gasteiger partial charge >= 0.3 is 0 Å². The number of rotatable bonds is 22. The van der Waals surface area contributed by atoms with Crippen molar-refractivity contribution in [3.63, 3.8) is 0 Å². The first-order valence-electron chi connectivity index (χ1n) is 21.1.